The minimum Gasteiger partial charge on any atom is -0.493 e. The third-order valence-corrected chi connectivity index (χ3v) is 5.66. The zero-order valence-electron chi connectivity index (χ0n) is 13.2. The number of thiophene rings is 1. The zero-order valence-corrected chi connectivity index (χ0v) is 14.7. The molecule has 0 amide bonds. The largest absolute Gasteiger partial charge is 0.493 e. The average Bonchev–Trinajstić information content (AvgIpc) is 3.09. The lowest BCUT2D eigenvalue weighted by atomic mass is 10.0. The van der Waals surface area contributed by atoms with Crippen molar-refractivity contribution in [2.45, 2.75) is 19.0 Å². The van der Waals surface area contributed by atoms with Gasteiger partial charge in [0.15, 0.2) is 0 Å². The lowest BCUT2D eigenvalue weighted by Gasteiger charge is -2.26. The second-order valence-electron chi connectivity index (χ2n) is 5.88. The Morgan fingerprint density at radius 3 is 2.75 bits per heavy atom. The number of benzene rings is 2. The molecule has 0 aliphatic carbocycles. The second-order valence-corrected chi connectivity index (χ2v) is 7.49. The standard InChI is InChI=1S/C20H18ClNOS/c21-15-7-5-14(6-8-15)20-10-9-16(24-20)13-22-18-11-12-23-19-4-2-1-3-17(18)19/h1-10,18,22H,11-13H2/t18-/m0/s1. The molecule has 122 valence electrons. The molecular weight excluding hydrogens is 338 g/mol. The fraction of sp³-hybridized carbons (Fsp3) is 0.200. The molecule has 0 saturated heterocycles. The van der Waals surface area contributed by atoms with Crippen LogP contribution in [-0.2, 0) is 6.54 Å². The van der Waals surface area contributed by atoms with Crippen molar-refractivity contribution in [3.05, 3.63) is 76.1 Å². The molecule has 0 spiro atoms. The summed E-state index contributed by atoms with van der Waals surface area (Å²) in [4.78, 5) is 2.61. The minimum absolute atomic E-state index is 0.357. The summed E-state index contributed by atoms with van der Waals surface area (Å²) < 4.78 is 5.73. The number of halogens is 1. The summed E-state index contributed by atoms with van der Waals surface area (Å²) in [6, 6.07) is 21.1. The van der Waals surface area contributed by atoms with E-state index in [1.165, 1.54) is 20.9 Å². The van der Waals surface area contributed by atoms with Crippen LogP contribution in [0.3, 0.4) is 0 Å². The fourth-order valence-electron chi connectivity index (χ4n) is 3.02. The Hall–Kier alpha value is -1.81. The summed E-state index contributed by atoms with van der Waals surface area (Å²) >= 11 is 7.79. The lowest BCUT2D eigenvalue weighted by Crippen LogP contribution is -2.26. The zero-order chi connectivity index (χ0) is 16.4. The first-order valence-corrected chi connectivity index (χ1v) is 9.29. The van der Waals surface area contributed by atoms with Crippen molar-refractivity contribution in [3.8, 4) is 16.2 Å². The van der Waals surface area contributed by atoms with Crippen LogP contribution in [0.1, 0.15) is 22.9 Å². The van der Waals surface area contributed by atoms with Crippen molar-refractivity contribution >= 4 is 22.9 Å². The maximum Gasteiger partial charge on any atom is 0.124 e. The number of ether oxygens (including phenoxy) is 1. The molecular formula is C20H18ClNOS. The van der Waals surface area contributed by atoms with Gasteiger partial charge in [-0.3, -0.25) is 0 Å². The third-order valence-electron chi connectivity index (χ3n) is 4.27. The summed E-state index contributed by atoms with van der Waals surface area (Å²) in [6.07, 6.45) is 1.01. The molecule has 0 radical (unpaired) electrons. The molecule has 0 unspecified atom stereocenters. The third kappa shape index (κ3) is 3.34. The van der Waals surface area contributed by atoms with Gasteiger partial charge in [-0.15, -0.1) is 11.3 Å². The average molecular weight is 356 g/mol. The van der Waals surface area contributed by atoms with E-state index in [0.29, 0.717) is 6.04 Å². The topological polar surface area (TPSA) is 21.3 Å². The predicted octanol–water partition coefficient (Wildman–Crippen LogP) is 5.68. The quantitative estimate of drug-likeness (QED) is 0.649. The second kappa shape index (κ2) is 6.98. The van der Waals surface area contributed by atoms with Crippen LogP contribution in [0.15, 0.2) is 60.7 Å². The summed E-state index contributed by atoms with van der Waals surface area (Å²) in [6.45, 7) is 1.65. The van der Waals surface area contributed by atoms with Gasteiger partial charge in [-0.1, -0.05) is 41.9 Å². The molecule has 1 N–H and O–H groups in total. The van der Waals surface area contributed by atoms with E-state index in [4.69, 9.17) is 16.3 Å². The first-order chi connectivity index (χ1) is 11.8. The first kappa shape index (κ1) is 15.7. The molecule has 0 fully saturated rings. The Morgan fingerprint density at radius 1 is 1.04 bits per heavy atom. The molecule has 2 nitrogen and oxygen atoms in total. The summed E-state index contributed by atoms with van der Waals surface area (Å²) in [5, 5.41) is 4.45. The summed E-state index contributed by atoms with van der Waals surface area (Å²) in [5.74, 6) is 1.01. The predicted molar refractivity (Wildman–Crippen MR) is 101 cm³/mol. The molecule has 1 aromatic heterocycles. The van der Waals surface area contributed by atoms with Gasteiger partial charge in [0.1, 0.15) is 5.75 Å². The van der Waals surface area contributed by atoms with Crippen LogP contribution >= 0.6 is 22.9 Å². The molecule has 3 aromatic rings. The molecule has 4 heteroatoms. The number of para-hydroxylation sites is 1. The Morgan fingerprint density at radius 2 is 1.88 bits per heavy atom. The van der Waals surface area contributed by atoms with Crippen LogP contribution in [0.2, 0.25) is 5.02 Å². The highest BCUT2D eigenvalue weighted by Gasteiger charge is 2.20. The monoisotopic (exact) mass is 355 g/mol. The SMILES string of the molecule is Clc1ccc(-c2ccc(CN[C@H]3CCOc4ccccc43)s2)cc1. The Kier molecular flexibility index (Phi) is 4.56. The van der Waals surface area contributed by atoms with Crippen LogP contribution in [0.25, 0.3) is 10.4 Å². The Bertz CT molecular complexity index is 828. The number of hydrogen-bond acceptors (Lipinski definition) is 3. The maximum atomic E-state index is 5.96. The number of nitrogens with one attached hydrogen (secondary N) is 1. The van der Waals surface area contributed by atoms with Crippen LogP contribution in [0.5, 0.6) is 5.75 Å². The van der Waals surface area contributed by atoms with Crippen LogP contribution < -0.4 is 10.1 Å². The normalized spacial score (nSPS) is 16.5. The van der Waals surface area contributed by atoms with E-state index in [-0.39, 0.29) is 0 Å². The van der Waals surface area contributed by atoms with Crippen molar-refractivity contribution in [1.29, 1.82) is 0 Å². The summed E-state index contributed by atoms with van der Waals surface area (Å²) in [7, 11) is 0. The highest BCUT2D eigenvalue weighted by molar-refractivity contribution is 7.15. The number of fused-ring (bicyclic) bond motifs is 1. The van der Waals surface area contributed by atoms with Gasteiger partial charge in [0, 0.05) is 39.3 Å². The van der Waals surface area contributed by atoms with Crippen molar-refractivity contribution in [1.82, 2.24) is 5.32 Å². The molecule has 1 aliphatic heterocycles. The molecule has 0 saturated carbocycles. The van der Waals surface area contributed by atoms with Gasteiger partial charge in [0.2, 0.25) is 0 Å². The molecule has 4 rings (SSSR count). The van der Waals surface area contributed by atoms with Crippen molar-refractivity contribution < 1.29 is 4.74 Å². The molecule has 1 aliphatic rings. The minimum atomic E-state index is 0.357. The van der Waals surface area contributed by atoms with Gasteiger partial charge in [0.05, 0.1) is 6.61 Å². The fourth-order valence-corrected chi connectivity index (χ4v) is 4.11. The van der Waals surface area contributed by atoms with Crippen molar-refractivity contribution in [3.63, 3.8) is 0 Å². The smallest absolute Gasteiger partial charge is 0.124 e. The molecule has 2 heterocycles. The highest BCUT2D eigenvalue weighted by atomic mass is 35.5. The number of rotatable bonds is 4. The summed E-state index contributed by atoms with van der Waals surface area (Å²) in [5.41, 5.74) is 2.48. The van der Waals surface area contributed by atoms with Crippen LogP contribution in [0.4, 0.5) is 0 Å². The van der Waals surface area contributed by atoms with Gasteiger partial charge in [0.25, 0.3) is 0 Å². The Balaban J connectivity index is 1.45. The van der Waals surface area contributed by atoms with Gasteiger partial charge < -0.3 is 10.1 Å². The van der Waals surface area contributed by atoms with Gasteiger partial charge in [-0.2, -0.15) is 0 Å². The van der Waals surface area contributed by atoms with E-state index in [9.17, 15) is 0 Å². The highest BCUT2D eigenvalue weighted by Crippen LogP contribution is 2.33. The van der Waals surface area contributed by atoms with Gasteiger partial charge >= 0.3 is 0 Å². The van der Waals surface area contributed by atoms with Crippen molar-refractivity contribution in [2.24, 2.45) is 0 Å². The first-order valence-electron chi connectivity index (χ1n) is 8.09. The number of hydrogen-bond donors (Lipinski definition) is 1. The van der Waals surface area contributed by atoms with E-state index in [0.717, 1.165) is 30.3 Å². The van der Waals surface area contributed by atoms with Gasteiger partial charge in [-0.05, 0) is 35.9 Å². The lowest BCUT2D eigenvalue weighted by molar-refractivity contribution is 0.252. The van der Waals surface area contributed by atoms with Gasteiger partial charge in [-0.25, -0.2) is 0 Å². The van der Waals surface area contributed by atoms with E-state index in [1.54, 1.807) is 0 Å². The van der Waals surface area contributed by atoms with Crippen molar-refractivity contribution in [2.75, 3.05) is 6.61 Å². The molecule has 24 heavy (non-hydrogen) atoms. The molecule has 0 bridgehead atoms. The van der Waals surface area contributed by atoms with E-state index < -0.39 is 0 Å². The molecule has 1 atom stereocenters. The molecule has 2 aromatic carbocycles. The van der Waals surface area contributed by atoms with Crippen LogP contribution in [0, 0.1) is 0 Å². The van der Waals surface area contributed by atoms with E-state index in [2.05, 4.69) is 41.7 Å². The van der Waals surface area contributed by atoms with E-state index >= 15 is 0 Å². The Labute approximate surface area is 151 Å². The maximum absolute atomic E-state index is 5.96. The van der Waals surface area contributed by atoms with E-state index in [1.807, 2.05) is 35.6 Å². The van der Waals surface area contributed by atoms with Crippen LogP contribution in [-0.4, -0.2) is 6.61 Å².